The van der Waals surface area contributed by atoms with Crippen molar-refractivity contribution in [3.8, 4) is 10.4 Å². The van der Waals surface area contributed by atoms with Crippen molar-refractivity contribution in [3.63, 3.8) is 0 Å². The van der Waals surface area contributed by atoms with Gasteiger partial charge < -0.3 is 20.3 Å². The summed E-state index contributed by atoms with van der Waals surface area (Å²) in [6.45, 7) is 6.59. The summed E-state index contributed by atoms with van der Waals surface area (Å²) in [5.41, 5.74) is 0.808. The van der Waals surface area contributed by atoms with Crippen LogP contribution in [0.15, 0.2) is 30.6 Å². The zero-order valence-corrected chi connectivity index (χ0v) is 20.1. The number of aromatic nitrogens is 1. The van der Waals surface area contributed by atoms with Gasteiger partial charge in [0.25, 0.3) is 5.91 Å². The number of carbonyl (C=O) groups excluding carboxylic acids is 3. The fourth-order valence-electron chi connectivity index (χ4n) is 4.20. The number of esters is 1. The second-order valence-electron chi connectivity index (χ2n) is 9.57. The molecule has 2 aromatic heterocycles. The molecule has 2 aliphatic heterocycles. The third-order valence-electron chi connectivity index (χ3n) is 5.79. The van der Waals surface area contributed by atoms with Gasteiger partial charge in [0.15, 0.2) is 0 Å². The van der Waals surface area contributed by atoms with Crippen LogP contribution >= 0.6 is 11.3 Å². The monoisotopic (exact) mass is 470 g/mol. The quantitative estimate of drug-likeness (QED) is 0.645. The van der Waals surface area contributed by atoms with Crippen LogP contribution in [0.1, 0.15) is 62.5 Å². The van der Waals surface area contributed by atoms with Crippen molar-refractivity contribution in [2.45, 2.75) is 64.1 Å². The molecule has 0 bridgehead atoms. The molecule has 1 fully saturated rings. The van der Waals surface area contributed by atoms with Gasteiger partial charge in [-0.25, -0.2) is 0 Å². The number of nitrogens with zero attached hydrogens (tertiary/aromatic N) is 2. The summed E-state index contributed by atoms with van der Waals surface area (Å²) in [7, 11) is 0. The standard InChI is InChI=1S/C24H30N4O4S/c1-23(2,3)32-20(30)6-4-5-19(29)28-13-9-24(10-14-28)26-17-15-18(16-7-11-25-12-8-16)33-21(17)22(31)27-24/h7-8,11-12,15,26H,4-6,9-10,13-14H2,1-3H3,(H,27,31). The highest BCUT2D eigenvalue weighted by atomic mass is 32.1. The van der Waals surface area contributed by atoms with Gasteiger partial charge in [0.1, 0.15) is 16.1 Å². The first kappa shape index (κ1) is 23.2. The summed E-state index contributed by atoms with van der Waals surface area (Å²) in [5, 5.41) is 6.68. The number of fused-ring (bicyclic) bond motifs is 1. The smallest absolute Gasteiger partial charge is 0.306 e. The van der Waals surface area contributed by atoms with Crippen molar-refractivity contribution >= 4 is 34.8 Å². The Bertz CT molecular complexity index is 1040. The molecule has 4 heterocycles. The van der Waals surface area contributed by atoms with Crippen molar-refractivity contribution in [3.05, 3.63) is 35.5 Å². The molecular weight excluding hydrogens is 440 g/mol. The molecular formula is C24H30N4O4S. The van der Waals surface area contributed by atoms with E-state index >= 15 is 0 Å². The predicted octanol–water partition coefficient (Wildman–Crippen LogP) is 3.80. The highest BCUT2D eigenvalue weighted by Gasteiger charge is 2.41. The van der Waals surface area contributed by atoms with Gasteiger partial charge in [0.05, 0.1) is 5.69 Å². The molecule has 33 heavy (non-hydrogen) atoms. The van der Waals surface area contributed by atoms with Crippen LogP contribution in [-0.2, 0) is 14.3 Å². The fraction of sp³-hybridized carbons (Fsp3) is 0.500. The third-order valence-corrected chi connectivity index (χ3v) is 6.97. The van der Waals surface area contributed by atoms with E-state index in [1.54, 1.807) is 12.4 Å². The second kappa shape index (κ2) is 9.13. The maximum atomic E-state index is 12.8. The summed E-state index contributed by atoms with van der Waals surface area (Å²) >= 11 is 1.46. The number of amides is 2. The molecule has 0 saturated carbocycles. The minimum atomic E-state index is -0.548. The Morgan fingerprint density at radius 2 is 1.85 bits per heavy atom. The molecule has 0 atom stereocenters. The molecule has 1 spiro atoms. The molecule has 2 amide bonds. The topological polar surface area (TPSA) is 101 Å². The van der Waals surface area contributed by atoms with Gasteiger partial charge >= 0.3 is 5.97 Å². The molecule has 9 heteroatoms. The minimum absolute atomic E-state index is 0.0340. The van der Waals surface area contributed by atoms with E-state index in [9.17, 15) is 14.4 Å². The van der Waals surface area contributed by atoms with Gasteiger partial charge in [0, 0.05) is 56.0 Å². The number of rotatable bonds is 5. The maximum absolute atomic E-state index is 12.8. The van der Waals surface area contributed by atoms with E-state index < -0.39 is 11.3 Å². The summed E-state index contributed by atoms with van der Waals surface area (Å²) in [4.78, 5) is 44.9. The summed E-state index contributed by atoms with van der Waals surface area (Å²) < 4.78 is 5.29. The van der Waals surface area contributed by atoms with E-state index in [-0.39, 0.29) is 24.2 Å². The Morgan fingerprint density at radius 3 is 2.52 bits per heavy atom. The molecule has 176 valence electrons. The van der Waals surface area contributed by atoms with Crippen LogP contribution in [0.5, 0.6) is 0 Å². The number of nitrogens with one attached hydrogen (secondary N) is 2. The number of anilines is 1. The normalized spacial score (nSPS) is 17.2. The van der Waals surface area contributed by atoms with Gasteiger partial charge in [-0.15, -0.1) is 11.3 Å². The Hall–Kier alpha value is -2.94. The highest BCUT2D eigenvalue weighted by Crippen LogP contribution is 2.40. The van der Waals surface area contributed by atoms with Gasteiger partial charge in [0.2, 0.25) is 5.91 Å². The highest BCUT2D eigenvalue weighted by molar-refractivity contribution is 7.18. The summed E-state index contributed by atoms with van der Waals surface area (Å²) in [6, 6.07) is 5.87. The number of piperidine rings is 1. The van der Waals surface area contributed by atoms with E-state index in [4.69, 9.17) is 4.74 Å². The Kier molecular flexibility index (Phi) is 6.43. The van der Waals surface area contributed by atoms with Crippen molar-refractivity contribution in [1.82, 2.24) is 15.2 Å². The van der Waals surface area contributed by atoms with Gasteiger partial charge in [-0.1, -0.05) is 0 Å². The van der Waals surface area contributed by atoms with Crippen LogP contribution in [0.4, 0.5) is 5.69 Å². The predicted molar refractivity (Wildman–Crippen MR) is 127 cm³/mol. The molecule has 4 rings (SSSR count). The number of likely N-dealkylation sites (tertiary alicyclic amines) is 1. The molecule has 2 N–H and O–H groups in total. The van der Waals surface area contributed by atoms with E-state index in [1.807, 2.05) is 43.9 Å². The van der Waals surface area contributed by atoms with Gasteiger partial charge in [-0.2, -0.15) is 0 Å². The molecule has 8 nitrogen and oxygen atoms in total. The largest absolute Gasteiger partial charge is 0.460 e. The lowest BCUT2D eigenvalue weighted by molar-refractivity contribution is -0.154. The van der Waals surface area contributed by atoms with Crippen molar-refractivity contribution in [1.29, 1.82) is 0 Å². The van der Waals surface area contributed by atoms with Crippen LogP contribution in [-0.4, -0.2) is 52.0 Å². The zero-order valence-electron chi connectivity index (χ0n) is 19.3. The van der Waals surface area contributed by atoms with E-state index in [1.165, 1.54) is 11.3 Å². The minimum Gasteiger partial charge on any atom is -0.460 e. The maximum Gasteiger partial charge on any atom is 0.306 e. The summed E-state index contributed by atoms with van der Waals surface area (Å²) in [6.07, 6.45) is 5.75. The first-order chi connectivity index (χ1) is 15.6. The lowest BCUT2D eigenvalue weighted by atomic mass is 9.93. The number of carbonyl (C=O) groups is 3. The van der Waals surface area contributed by atoms with Crippen molar-refractivity contribution < 1.29 is 19.1 Å². The van der Waals surface area contributed by atoms with Gasteiger partial charge in [-0.05, 0) is 51.0 Å². The molecule has 0 aromatic carbocycles. The number of hydrogen-bond acceptors (Lipinski definition) is 7. The Balaban J connectivity index is 1.31. The zero-order chi connectivity index (χ0) is 23.6. The molecule has 0 unspecified atom stereocenters. The van der Waals surface area contributed by atoms with Gasteiger partial charge in [-0.3, -0.25) is 19.4 Å². The lowest BCUT2D eigenvalue weighted by Gasteiger charge is -2.45. The second-order valence-corrected chi connectivity index (χ2v) is 10.6. The number of hydrogen-bond donors (Lipinski definition) is 2. The van der Waals surface area contributed by atoms with Crippen LogP contribution < -0.4 is 10.6 Å². The van der Waals surface area contributed by atoms with Crippen LogP contribution in [0.25, 0.3) is 10.4 Å². The van der Waals surface area contributed by atoms with E-state index in [2.05, 4.69) is 15.6 Å². The van der Waals surface area contributed by atoms with Crippen molar-refractivity contribution in [2.75, 3.05) is 18.4 Å². The first-order valence-electron chi connectivity index (χ1n) is 11.3. The summed E-state index contributed by atoms with van der Waals surface area (Å²) in [5.74, 6) is -0.322. The third kappa shape index (κ3) is 5.52. The van der Waals surface area contributed by atoms with Crippen molar-refractivity contribution in [2.24, 2.45) is 0 Å². The van der Waals surface area contributed by atoms with Crippen LogP contribution in [0.2, 0.25) is 0 Å². The Morgan fingerprint density at radius 1 is 1.15 bits per heavy atom. The fourth-order valence-corrected chi connectivity index (χ4v) is 5.21. The average Bonchev–Trinajstić information content (AvgIpc) is 3.18. The number of thiophene rings is 1. The molecule has 0 aliphatic carbocycles. The lowest BCUT2D eigenvalue weighted by Crippen LogP contribution is -2.62. The number of ether oxygens (including phenoxy) is 1. The number of pyridine rings is 1. The van der Waals surface area contributed by atoms with Crippen LogP contribution in [0.3, 0.4) is 0 Å². The van der Waals surface area contributed by atoms with E-state index in [0.29, 0.717) is 43.6 Å². The van der Waals surface area contributed by atoms with Crippen LogP contribution in [0, 0.1) is 0 Å². The molecule has 0 radical (unpaired) electrons. The SMILES string of the molecule is CC(C)(C)OC(=O)CCCC(=O)N1CCC2(CC1)NC(=O)c1sc(-c3ccncc3)cc1N2. The molecule has 2 aliphatic rings. The molecule has 1 saturated heterocycles. The first-order valence-corrected chi connectivity index (χ1v) is 12.1. The Labute approximate surface area is 197 Å². The van der Waals surface area contributed by atoms with E-state index in [0.717, 1.165) is 16.1 Å². The molecule has 2 aromatic rings. The average molecular weight is 471 g/mol.